The van der Waals surface area contributed by atoms with E-state index in [9.17, 15) is 19.2 Å². The van der Waals surface area contributed by atoms with Gasteiger partial charge in [-0.15, -0.1) is 0 Å². The van der Waals surface area contributed by atoms with E-state index >= 15 is 0 Å². The topological polar surface area (TPSA) is 199 Å². The highest BCUT2D eigenvalue weighted by atomic mass is 16.4. The predicted molar refractivity (Wildman–Crippen MR) is 162 cm³/mol. The number of aliphatic carboxylic acids is 4. The van der Waals surface area contributed by atoms with Crippen LogP contribution in [0, 0.1) is 11.8 Å². The second-order valence-corrected chi connectivity index (χ2v) is 10.3. The van der Waals surface area contributed by atoms with Crippen LogP contribution in [0.2, 0.25) is 0 Å². The van der Waals surface area contributed by atoms with E-state index in [1.54, 1.807) is 0 Å². The molecule has 4 aliphatic rings. The second-order valence-electron chi connectivity index (χ2n) is 10.3. The quantitative estimate of drug-likeness (QED) is 0.264. The Hall–Kier alpha value is -4.94. The maximum absolute atomic E-state index is 9.55. The summed E-state index contributed by atoms with van der Waals surface area (Å²) in [4.78, 5) is 46.5. The number of allylic oxidation sites excluding steroid dienone is 1. The van der Waals surface area contributed by atoms with E-state index in [4.69, 9.17) is 20.4 Å². The van der Waals surface area contributed by atoms with Gasteiger partial charge in [-0.1, -0.05) is 24.3 Å². The molecule has 0 bridgehead atoms. The van der Waals surface area contributed by atoms with Gasteiger partial charge in [-0.05, 0) is 85.0 Å². The molecule has 2 aliphatic carbocycles. The highest BCUT2D eigenvalue weighted by Crippen LogP contribution is 2.37. The molecule has 0 saturated carbocycles. The van der Waals surface area contributed by atoms with E-state index < -0.39 is 23.9 Å². The fourth-order valence-corrected chi connectivity index (χ4v) is 5.37. The number of carbonyl (C=O) groups is 4. The Bertz CT molecular complexity index is 1270. The molecular formula is C32H36N4O8. The van der Waals surface area contributed by atoms with Gasteiger partial charge in [0.05, 0.1) is 0 Å². The molecule has 2 aromatic heterocycles. The van der Waals surface area contributed by atoms with Crippen molar-refractivity contribution in [1.29, 1.82) is 0 Å². The lowest BCUT2D eigenvalue weighted by Gasteiger charge is -2.07. The van der Waals surface area contributed by atoms with Gasteiger partial charge < -0.3 is 31.1 Å². The first-order chi connectivity index (χ1) is 21.1. The number of hydrogen-bond donors (Lipinski definition) is 6. The highest BCUT2D eigenvalue weighted by Gasteiger charge is 2.32. The van der Waals surface area contributed by atoms with E-state index in [0.717, 1.165) is 11.8 Å². The molecule has 232 valence electrons. The summed E-state index contributed by atoms with van der Waals surface area (Å²) in [5, 5.41) is 38.3. The van der Waals surface area contributed by atoms with E-state index in [1.165, 1.54) is 61.0 Å². The van der Waals surface area contributed by atoms with Crippen LogP contribution in [0.1, 0.15) is 36.8 Å². The average molecular weight is 605 g/mol. The minimum Gasteiger partial charge on any atom is -0.478 e. The summed E-state index contributed by atoms with van der Waals surface area (Å²) < 4.78 is 0. The smallest absolute Gasteiger partial charge is 0.328 e. The lowest BCUT2D eigenvalue weighted by Crippen LogP contribution is -2.22. The van der Waals surface area contributed by atoms with Gasteiger partial charge in [0.2, 0.25) is 0 Å². The van der Waals surface area contributed by atoms with Crippen LogP contribution < -0.4 is 10.6 Å². The van der Waals surface area contributed by atoms with Gasteiger partial charge in [0.15, 0.2) is 0 Å². The Balaban J connectivity index is 0.000000167. The minimum atomic E-state index is -1.26. The van der Waals surface area contributed by atoms with Crippen LogP contribution >= 0.6 is 0 Å². The number of fused-ring (bicyclic) bond motifs is 2. The van der Waals surface area contributed by atoms with Gasteiger partial charge in [-0.3, -0.25) is 9.97 Å². The molecule has 0 unspecified atom stereocenters. The zero-order chi connectivity index (χ0) is 31.9. The Morgan fingerprint density at radius 3 is 1.61 bits per heavy atom. The molecule has 0 radical (unpaired) electrons. The number of rotatable bonds is 6. The van der Waals surface area contributed by atoms with Crippen molar-refractivity contribution >= 4 is 35.0 Å². The van der Waals surface area contributed by atoms with E-state index in [2.05, 4.69) is 44.9 Å². The maximum atomic E-state index is 9.55. The molecule has 4 atom stereocenters. The van der Waals surface area contributed by atoms with Gasteiger partial charge >= 0.3 is 23.9 Å². The normalized spacial score (nSPS) is 22.6. The number of aromatic nitrogens is 2. The lowest BCUT2D eigenvalue weighted by molar-refractivity contribution is -0.134. The fraction of sp³-hybridized carbons (Fsp3) is 0.312. The summed E-state index contributed by atoms with van der Waals surface area (Å²) in [6.45, 7) is 2.37. The molecule has 44 heavy (non-hydrogen) atoms. The SMILES string of the molecule is C1=C(c2cccnc2)C[C@@H]2NCC[C@H]12.C1=C(c2cccnc2)C[C@H]2CCN[C@@H]12.O=C(O)/C=C/C(=O)O.O=C(O)/C=C/C(=O)O. The monoisotopic (exact) mass is 604 g/mol. The minimum absolute atomic E-state index is 0.558. The molecule has 2 aromatic rings. The average Bonchev–Trinajstić information content (AvgIpc) is 3.79. The number of pyridine rings is 2. The van der Waals surface area contributed by atoms with Crippen LogP contribution in [0.15, 0.2) is 85.5 Å². The molecule has 12 nitrogen and oxygen atoms in total. The summed E-state index contributed by atoms with van der Waals surface area (Å²) in [7, 11) is 0. The largest absolute Gasteiger partial charge is 0.478 e. The molecule has 0 amide bonds. The summed E-state index contributed by atoms with van der Waals surface area (Å²) in [6.07, 6.45) is 19.7. The summed E-state index contributed by atoms with van der Waals surface area (Å²) in [5.41, 5.74) is 5.54. The lowest BCUT2D eigenvalue weighted by atomic mass is 10.00. The van der Waals surface area contributed by atoms with Gasteiger partial charge in [0.25, 0.3) is 0 Å². The number of nitrogens with one attached hydrogen (secondary N) is 2. The van der Waals surface area contributed by atoms with Crippen molar-refractivity contribution in [3.05, 3.63) is 96.6 Å². The molecule has 6 rings (SSSR count). The zero-order valence-corrected chi connectivity index (χ0v) is 24.0. The number of hydrogen-bond acceptors (Lipinski definition) is 8. The van der Waals surface area contributed by atoms with Crippen molar-refractivity contribution in [3.63, 3.8) is 0 Å². The van der Waals surface area contributed by atoms with Gasteiger partial charge in [-0.2, -0.15) is 0 Å². The molecule has 0 aromatic carbocycles. The van der Waals surface area contributed by atoms with Crippen LogP contribution in [-0.2, 0) is 19.2 Å². The van der Waals surface area contributed by atoms with E-state index in [-0.39, 0.29) is 0 Å². The van der Waals surface area contributed by atoms with Gasteiger partial charge in [0, 0.05) is 61.2 Å². The van der Waals surface area contributed by atoms with Gasteiger partial charge in [-0.25, -0.2) is 19.2 Å². The molecule has 2 saturated heterocycles. The Kier molecular flexibility index (Phi) is 13.2. The van der Waals surface area contributed by atoms with Crippen molar-refractivity contribution in [3.8, 4) is 0 Å². The molecule has 4 heterocycles. The van der Waals surface area contributed by atoms with E-state index in [0.29, 0.717) is 36.4 Å². The molecule has 6 N–H and O–H groups in total. The third-order valence-corrected chi connectivity index (χ3v) is 7.32. The third-order valence-electron chi connectivity index (χ3n) is 7.32. The molecule has 2 aliphatic heterocycles. The molecular weight excluding hydrogens is 568 g/mol. The molecule has 2 fully saturated rings. The molecule has 12 heteroatoms. The van der Waals surface area contributed by atoms with Gasteiger partial charge in [0.1, 0.15) is 0 Å². The number of carboxylic acid groups (broad SMARTS) is 4. The van der Waals surface area contributed by atoms with Crippen molar-refractivity contribution in [2.75, 3.05) is 13.1 Å². The fourth-order valence-electron chi connectivity index (χ4n) is 5.37. The summed E-state index contributed by atoms with van der Waals surface area (Å²) in [6, 6.07) is 9.66. The first kappa shape index (κ1) is 33.6. The third kappa shape index (κ3) is 11.4. The first-order valence-corrected chi connectivity index (χ1v) is 14.1. The summed E-state index contributed by atoms with van der Waals surface area (Å²) in [5.74, 6) is -3.42. The summed E-state index contributed by atoms with van der Waals surface area (Å²) >= 11 is 0. The predicted octanol–water partition coefficient (Wildman–Crippen LogP) is 3.12. The van der Waals surface area contributed by atoms with Crippen LogP contribution in [0.25, 0.3) is 11.1 Å². The standard InChI is InChI=1S/2C12H14N2.2C4H4O4/c2*1-2-10(8-13-4-1)11-6-9-3-5-14-12(9)7-11;2*5-3(6)1-2-4(7)8/h1-2,4,7-9,12,14H,3,5-6H2;1-2,4,6,8-9,12,14H,3,5,7H2;2*1-2H,(H,5,6)(H,7,8)/b;;2*2-1+/t2*9-,12+;;/m11../s1. The Morgan fingerprint density at radius 2 is 1.18 bits per heavy atom. The Labute approximate surface area is 254 Å². The number of nitrogens with zero attached hydrogens (tertiary/aromatic N) is 2. The van der Waals surface area contributed by atoms with Crippen LogP contribution in [0.3, 0.4) is 0 Å². The maximum Gasteiger partial charge on any atom is 0.328 e. The van der Waals surface area contributed by atoms with Crippen molar-refractivity contribution in [2.24, 2.45) is 11.8 Å². The van der Waals surface area contributed by atoms with Crippen molar-refractivity contribution in [1.82, 2.24) is 20.6 Å². The van der Waals surface area contributed by atoms with Crippen LogP contribution in [0.4, 0.5) is 0 Å². The van der Waals surface area contributed by atoms with Crippen LogP contribution in [-0.4, -0.2) is 79.4 Å². The Morgan fingerprint density at radius 1 is 0.682 bits per heavy atom. The van der Waals surface area contributed by atoms with Crippen molar-refractivity contribution in [2.45, 2.75) is 37.8 Å². The van der Waals surface area contributed by atoms with E-state index in [1.807, 2.05) is 36.9 Å². The van der Waals surface area contributed by atoms with Crippen LogP contribution in [0.5, 0.6) is 0 Å². The zero-order valence-electron chi connectivity index (χ0n) is 24.0. The molecule has 0 spiro atoms. The van der Waals surface area contributed by atoms with Crippen molar-refractivity contribution < 1.29 is 39.6 Å². The first-order valence-electron chi connectivity index (χ1n) is 14.1. The number of carboxylic acids is 4. The second kappa shape index (κ2) is 17.2. The highest BCUT2D eigenvalue weighted by molar-refractivity contribution is 5.90.